The maximum Gasteiger partial charge on any atom is 0.244 e. The Balaban J connectivity index is 2.40. The summed E-state index contributed by atoms with van der Waals surface area (Å²) in [5.74, 6) is -0.904. The Morgan fingerprint density at radius 3 is 2.15 bits per heavy atom. The molecule has 11 heteroatoms. The highest BCUT2D eigenvalue weighted by atomic mass is 35.5. The van der Waals surface area contributed by atoms with Crippen LogP contribution in [0.5, 0.6) is 0 Å². The van der Waals surface area contributed by atoms with Gasteiger partial charge in [-0.1, -0.05) is 47.8 Å². The third kappa shape index (κ3) is 7.77. The van der Waals surface area contributed by atoms with Gasteiger partial charge in [0.1, 0.15) is 12.6 Å². The molecule has 186 valence electrons. The molecule has 0 saturated heterocycles. The van der Waals surface area contributed by atoms with E-state index < -0.39 is 28.5 Å². The van der Waals surface area contributed by atoms with Crippen LogP contribution in [0.4, 0.5) is 5.69 Å². The van der Waals surface area contributed by atoms with Crippen molar-refractivity contribution in [2.45, 2.75) is 45.8 Å². The molecular formula is C23H28Cl3N3O4S. The molecule has 2 rings (SSSR count). The number of hydrogen-bond acceptors (Lipinski definition) is 4. The first-order chi connectivity index (χ1) is 15.8. The van der Waals surface area contributed by atoms with Crippen molar-refractivity contribution in [3.63, 3.8) is 0 Å². The van der Waals surface area contributed by atoms with Crippen LogP contribution in [-0.4, -0.2) is 50.0 Å². The molecule has 0 aliphatic rings. The number of carbonyl (C=O) groups is 2. The van der Waals surface area contributed by atoms with Gasteiger partial charge in [-0.25, -0.2) is 8.42 Å². The van der Waals surface area contributed by atoms with Crippen molar-refractivity contribution in [2.75, 3.05) is 17.1 Å². The maximum atomic E-state index is 13.5. The van der Waals surface area contributed by atoms with E-state index in [1.807, 2.05) is 13.8 Å². The Kier molecular flexibility index (Phi) is 10.1. The van der Waals surface area contributed by atoms with Crippen molar-refractivity contribution in [1.29, 1.82) is 0 Å². The number of sulfonamides is 1. The summed E-state index contributed by atoms with van der Waals surface area (Å²) in [6.45, 7) is 4.93. The molecule has 1 N–H and O–H groups in total. The molecule has 2 atom stereocenters. The molecule has 0 fully saturated rings. The summed E-state index contributed by atoms with van der Waals surface area (Å²) in [7, 11) is -3.81. The number of benzene rings is 2. The zero-order valence-corrected chi connectivity index (χ0v) is 22.5. The normalized spacial score (nSPS) is 13.1. The average Bonchev–Trinajstić information content (AvgIpc) is 2.77. The van der Waals surface area contributed by atoms with E-state index in [2.05, 4.69) is 5.32 Å². The van der Waals surface area contributed by atoms with Crippen LogP contribution in [0.2, 0.25) is 15.1 Å². The first-order valence-electron chi connectivity index (χ1n) is 10.6. The number of hydrogen-bond donors (Lipinski definition) is 1. The molecule has 0 saturated carbocycles. The van der Waals surface area contributed by atoms with E-state index >= 15 is 0 Å². The number of halogens is 3. The standard InChI is InChI=1S/C23H28Cl3N3O4S/c1-5-15(2)27-23(31)16(3)28(13-17-6-11-20(25)21(26)12-17)22(30)14-29(34(4,32)33)19-9-7-18(24)8-10-19/h6-12,15-16H,5,13-14H2,1-4H3,(H,27,31)/t15-,16+/m1/s1. The van der Waals surface area contributed by atoms with Crippen molar-refractivity contribution >= 4 is 62.3 Å². The van der Waals surface area contributed by atoms with Crippen LogP contribution in [0.1, 0.15) is 32.8 Å². The fourth-order valence-corrected chi connectivity index (χ4v) is 4.40. The summed E-state index contributed by atoms with van der Waals surface area (Å²) < 4.78 is 26.0. The van der Waals surface area contributed by atoms with E-state index in [1.165, 1.54) is 29.2 Å². The lowest BCUT2D eigenvalue weighted by atomic mass is 10.1. The molecule has 0 aliphatic heterocycles. The Labute approximate surface area is 216 Å². The largest absolute Gasteiger partial charge is 0.352 e. The molecule has 0 aliphatic carbocycles. The SMILES string of the molecule is CC[C@@H](C)NC(=O)[C@H](C)N(Cc1ccc(Cl)c(Cl)c1)C(=O)CN(c1ccc(Cl)cc1)S(C)(=O)=O. The van der Waals surface area contributed by atoms with Gasteiger partial charge in [0.15, 0.2) is 0 Å². The van der Waals surface area contributed by atoms with Crippen molar-refractivity contribution in [2.24, 2.45) is 0 Å². The summed E-state index contributed by atoms with van der Waals surface area (Å²) >= 11 is 18.1. The van der Waals surface area contributed by atoms with Gasteiger partial charge in [-0.2, -0.15) is 0 Å². The fraction of sp³-hybridized carbons (Fsp3) is 0.391. The minimum Gasteiger partial charge on any atom is -0.352 e. The van der Waals surface area contributed by atoms with Crippen LogP contribution in [0.15, 0.2) is 42.5 Å². The van der Waals surface area contributed by atoms with Gasteiger partial charge >= 0.3 is 0 Å². The second-order valence-corrected chi connectivity index (χ2v) is 11.2. The highest BCUT2D eigenvalue weighted by molar-refractivity contribution is 7.92. The Morgan fingerprint density at radius 2 is 1.62 bits per heavy atom. The van der Waals surface area contributed by atoms with Gasteiger partial charge < -0.3 is 10.2 Å². The zero-order valence-electron chi connectivity index (χ0n) is 19.4. The van der Waals surface area contributed by atoms with Crippen LogP contribution in [0, 0.1) is 0 Å². The van der Waals surface area contributed by atoms with Crippen LogP contribution in [0.25, 0.3) is 0 Å². The van der Waals surface area contributed by atoms with Crippen molar-refractivity contribution < 1.29 is 18.0 Å². The van der Waals surface area contributed by atoms with E-state index in [1.54, 1.807) is 25.1 Å². The predicted octanol–water partition coefficient (Wildman–Crippen LogP) is 4.74. The summed E-state index contributed by atoms with van der Waals surface area (Å²) in [6, 6.07) is 10.0. The molecule has 0 bridgehead atoms. The number of rotatable bonds is 10. The van der Waals surface area contributed by atoms with Crippen molar-refractivity contribution in [3.8, 4) is 0 Å². The number of carbonyl (C=O) groups excluding carboxylic acids is 2. The second kappa shape index (κ2) is 12.1. The molecule has 0 spiro atoms. The number of nitrogens with zero attached hydrogens (tertiary/aromatic N) is 2. The third-order valence-electron chi connectivity index (χ3n) is 5.30. The minimum atomic E-state index is -3.81. The number of nitrogens with one attached hydrogen (secondary N) is 1. The number of amides is 2. The maximum absolute atomic E-state index is 13.5. The Bertz CT molecular complexity index is 1130. The third-order valence-corrected chi connectivity index (χ3v) is 7.43. The van der Waals surface area contributed by atoms with Gasteiger partial charge in [0.2, 0.25) is 21.8 Å². The van der Waals surface area contributed by atoms with E-state index in [9.17, 15) is 18.0 Å². The molecule has 2 aromatic carbocycles. The van der Waals surface area contributed by atoms with Gasteiger partial charge in [-0.15, -0.1) is 0 Å². The van der Waals surface area contributed by atoms with E-state index in [0.29, 0.717) is 20.6 Å². The summed E-state index contributed by atoms with van der Waals surface area (Å²) in [4.78, 5) is 27.6. The summed E-state index contributed by atoms with van der Waals surface area (Å²) in [5.41, 5.74) is 0.926. The van der Waals surface area contributed by atoms with E-state index in [-0.39, 0.29) is 24.2 Å². The highest BCUT2D eigenvalue weighted by Gasteiger charge is 2.30. The first kappa shape index (κ1) is 28.2. The molecule has 0 unspecified atom stereocenters. The molecule has 2 aromatic rings. The molecule has 2 amide bonds. The molecule has 34 heavy (non-hydrogen) atoms. The van der Waals surface area contributed by atoms with Gasteiger partial charge in [0.25, 0.3) is 0 Å². The first-order valence-corrected chi connectivity index (χ1v) is 13.6. The molecular weight excluding hydrogens is 521 g/mol. The minimum absolute atomic E-state index is 0.0308. The highest BCUT2D eigenvalue weighted by Crippen LogP contribution is 2.25. The van der Waals surface area contributed by atoms with Gasteiger partial charge in [0.05, 0.1) is 22.0 Å². The quantitative estimate of drug-likeness (QED) is 0.464. The van der Waals surface area contributed by atoms with Crippen LogP contribution in [0.3, 0.4) is 0 Å². The Hall–Kier alpha value is -2.00. The van der Waals surface area contributed by atoms with Gasteiger partial charge in [0, 0.05) is 17.6 Å². The lowest BCUT2D eigenvalue weighted by molar-refractivity contribution is -0.139. The van der Waals surface area contributed by atoms with E-state index in [4.69, 9.17) is 34.8 Å². The average molecular weight is 549 g/mol. The fourth-order valence-electron chi connectivity index (χ4n) is 3.10. The predicted molar refractivity (Wildman–Crippen MR) is 138 cm³/mol. The molecule has 7 nitrogen and oxygen atoms in total. The van der Waals surface area contributed by atoms with Crippen molar-refractivity contribution in [3.05, 3.63) is 63.1 Å². The topological polar surface area (TPSA) is 86.8 Å². The van der Waals surface area contributed by atoms with Crippen LogP contribution < -0.4 is 9.62 Å². The zero-order chi connectivity index (χ0) is 25.6. The van der Waals surface area contributed by atoms with E-state index in [0.717, 1.165) is 17.0 Å². The molecule has 0 heterocycles. The van der Waals surface area contributed by atoms with Gasteiger partial charge in [-0.05, 0) is 62.2 Å². The number of anilines is 1. The van der Waals surface area contributed by atoms with Crippen LogP contribution in [-0.2, 0) is 26.2 Å². The summed E-state index contributed by atoms with van der Waals surface area (Å²) in [6.07, 6.45) is 1.73. The van der Waals surface area contributed by atoms with Gasteiger partial charge in [-0.3, -0.25) is 13.9 Å². The lowest BCUT2D eigenvalue weighted by Crippen LogP contribution is -2.52. The van der Waals surface area contributed by atoms with Crippen molar-refractivity contribution in [1.82, 2.24) is 10.2 Å². The smallest absolute Gasteiger partial charge is 0.244 e. The molecule has 0 aromatic heterocycles. The Morgan fingerprint density at radius 1 is 1.00 bits per heavy atom. The lowest BCUT2D eigenvalue weighted by Gasteiger charge is -2.32. The second-order valence-electron chi connectivity index (χ2n) is 8.01. The van der Waals surface area contributed by atoms with Crippen LogP contribution >= 0.6 is 34.8 Å². The monoisotopic (exact) mass is 547 g/mol. The summed E-state index contributed by atoms with van der Waals surface area (Å²) in [5, 5.41) is 3.96. The molecule has 0 radical (unpaired) electrons.